The number of carbonyl (C=O) groups is 1. The molecule has 4 aromatic rings. The van der Waals surface area contributed by atoms with Gasteiger partial charge in [-0.2, -0.15) is 0 Å². The minimum atomic E-state index is -1.01. The number of piperidine rings is 1. The zero-order valence-electron chi connectivity index (χ0n) is 19.6. The van der Waals surface area contributed by atoms with E-state index in [2.05, 4.69) is 23.9 Å². The molecule has 0 unspecified atom stereocenters. The van der Waals surface area contributed by atoms with Crippen molar-refractivity contribution in [3.63, 3.8) is 0 Å². The minimum Gasteiger partial charge on any atom is -0.477 e. The fraction of sp³-hybridized carbons (Fsp3) is 0.360. The van der Waals surface area contributed by atoms with E-state index >= 15 is 0 Å². The highest BCUT2D eigenvalue weighted by Gasteiger charge is 2.18. The molecular formula is C25H28Cl2N4O3S. The Bertz CT molecular complexity index is 1310. The van der Waals surface area contributed by atoms with Gasteiger partial charge in [-0.1, -0.05) is 34.4 Å². The zero-order valence-corrected chi connectivity index (χ0v) is 21.9. The summed E-state index contributed by atoms with van der Waals surface area (Å²) in [5, 5.41) is 14.9. The van der Waals surface area contributed by atoms with Gasteiger partial charge in [0.25, 0.3) is 0 Å². The Morgan fingerprint density at radius 2 is 1.94 bits per heavy atom. The van der Waals surface area contributed by atoms with Crippen LogP contribution >= 0.6 is 34.5 Å². The SMILES string of the molecule is CC(C)N1CCC(N)CC1.O=C(O)c1cc2ccc(Cl)cc2n1Cc1cc(-c2ccc(Cl)s2)on1. The molecule has 0 bridgehead atoms. The number of likely N-dealkylation sites (tertiary alicyclic amines) is 1. The number of nitrogens with two attached hydrogens (primary N) is 1. The number of fused-ring (bicyclic) bond motifs is 1. The van der Waals surface area contributed by atoms with E-state index in [1.54, 1.807) is 41.0 Å². The van der Waals surface area contributed by atoms with Crippen LogP contribution in [0.1, 0.15) is 42.9 Å². The highest BCUT2D eigenvalue weighted by molar-refractivity contribution is 7.19. The molecule has 1 saturated heterocycles. The Labute approximate surface area is 218 Å². The summed E-state index contributed by atoms with van der Waals surface area (Å²) in [6.07, 6.45) is 2.36. The lowest BCUT2D eigenvalue weighted by atomic mass is 10.1. The number of aromatic carboxylic acids is 1. The molecule has 1 aliphatic heterocycles. The van der Waals surface area contributed by atoms with Gasteiger partial charge in [0.2, 0.25) is 0 Å². The Morgan fingerprint density at radius 3 is 2.57 bits per heavy atom. The van der Waals surface area contributed by atoms with Crippen molar-refractivity contribution < 1.29 is 14.4 Å². The smallest absolute Gasteiger partial charge is 0.352 e. The van der Waals surface area contributed by atoms with E-state index < -0.39 is 5.97 Å². The van der Waals surface area contributed by atoms with Crippen molar-refractivity contribution in [1.29, 1.82) is 0 Å². The predicted molar refractivity (Wildman–Crippen MR) is 142 cm³/mol. The van der Waals surface area contributed by atoms with E-state index in [0.717, 1.165) is 15.8 Å². The first-order chi connectivity index (χ1) is 16.7. The summed E-state index contributed by atoms with van der Waals surface area (Å²) >= 11 is 13.4. The van der Waals surface area contributed by atoms with Gasteiger partial charge in [-0.25, -0.2) is 4.79 Å². The Balaban J connectivity index is 0.000000243. The predicted octanol–water partition coefficient (Wildman–Crippen LogP) is 6.23. The number of aromatic nitrogens is 2. The third-order valence-corrected chi connectivity index (χ3v) is 7.57. The summed E-state index contributed by atoms with van der Waals surface area (Å²) in [5.74, 6) is -0.417. The number of carboxylic acid groups (broad SMARTS) is 1. The van der Waals surface area contributed by atoms with Gasteiger partial charge in [0.05, 0.1) is 21.3 Å². The quantitative estimate of drug-likeness (QED) is 0.315. The second kappa shape index (κ2) is 11.1. The molecule has 1 aromatic carbocycles. The maximum atomic E-state index is 11.6. The normalized spacial score (nSPS) is 14.9. The van der Waals surface area contributed by atoms with Crippen LogP contribution < -0.4 is 5.73 Å². The van der Waals surface area contributed by atoms with Crippen molar-refractivity contribution in [2.24, 2.45) is 5.73 Å². The number of nitrogens with zero attached hydrogens (tertiary/aromatic N) is 3. The second-order valence-electron chi connectivity index (χ2n) is 8.88. The molecular weight excluding hydrogens is 507 g/mol. The molecule has 0 radical (unpaired) electrons. The van der Waals surface area contributed by atoms with Gasteiger partial charge in [0.1, 0.15) is 11.4 Å². The van der Waals surface area contributed by atoms with Crippen LogP contribution in [-0.2, 0) is 6.54 Å². The summed E-state index contributed by atoms with van der Waals surface area (Å²) in [6, 6.07) is 13.5. The van der Waals surface area contributed by atoms with Crippen molar-refractivity contribution in [2.45, 2.75) is 45.3 Å². The average Bonchev–Trinajstić information content (AvgIpc) is 3.54. The number of benzene rings is 1. The first-order valence-corrected chi connectivity index (χ1v) is 13.0. The van der Waals surface area contributed by atoms with E-state index in [9.17, 15) is 9.90 Å². The molecule has 0 atom stereocenters. The fourth-order valence-electron chi connectivity index (χ4n) is 4.12. The highest BCUT2D eigenvalue weighted by Crippen LogP contribution is 2.32. The molecule has 3 N–H and O–H groups in total. The van der Waals surface area contributed by atoms with E-state index in [-0.39, 0.29) is 12.2 Å². The Kier molecular flexibility index (Phi) is 8.19. The lowest BCUT2D eigenvalue weighted by Gasteiger charge is -2.32. The largest absolute Gasteiger partial charge is 0.477 e. The van der Waals surface area contributed by atoms with Crippen LogP contribution in [0.15, 0.2) is 47.0 Å². The molecule has 35 heavy (non-hydrogen) atoms. The van der Waals surface area contributed by atoms with Gasteiger partial charge in [0.15, 0.2) is 5.76 Å². The third kappa shape index (κ3) is 6.26. The van der Waals surface area contributed by atoms with E-state index in [4.69, 9.17) is 33.5 Å². The van der Waals surface area contributed by atoms with Crippen molar-refractivity contribution in [3.05, 3.63) is 63.2 Å². The van der Waals surface area contributed by atoms with Gasteiger partial charge in [0, 0.05) is 28.6 Å². The number of halogens is 2. The highest BCUT2D eigenvalue weighted by atomic mass is 35.5. The van der Waals surface area contributed by atoms with Crippen LogP contribution in [0.4, 0.5) is 0 Å². The monoisotopic (exact) mass is 534 g/mol. The number of hydrogen-bond acceptors (Lipinski definition) is 6. The molecule has 0 spiro atoms. The van der Waals surface area contributed by atoms with Crippen molar-refractivity contribution >= 4 is 51.4 Å². The van der Waals surface area contributed by atoms with Crippen LogP contribution in [0.2, 0.25) is 9.36 Å². The van der Waals surface area contributed by atoms with Crippen LogP contribution in [-0.4, -0.2) is 50.9 Å². The minimum absolute atomic E-state index is 0.168. The molecule has 1 fully saturated rings. The first kappa shape index (κ1) is 25.7. The summed E-state index contributed by atoms with van der Waals surface area (Å²) in [6.45, 7) is 7.14. The van der Waals surface area contributed by atoms with Gasteiger partial charge >= 0.3 is 5.97 Å². The average molecular weight is 535 g/mol. The summed E-state index contributed by atoms with van der Waals surface area (Å²) in [7, 11) is 0. The number of carboxylic acids is 1. The van der Waals surface area contributed by atoms with E-state index in [1.807, 2.05) is 6.07 Å². The van der Waals surface area contributed by atoms with Crippen molar-refractivity contribution in [1.82, 2.24) is 14.6 Å². The number of thiophene rings is 1. The van der Waals surface area contributed by atoms with Crippen molar-refractivity contribution in [3.8, 4) is 10.6 Å². The van der Waals surface area contributed by atoms with Gasteiger partial charge in [-0.15, -0.1) is 11.3 Å². The van der Waals surface area contributed by atoms with Crippen LogP contribution in [0.5, 0.6) is 0 Å². The molecule has 7 nitrogen and oxygen atoms in total. The fourth-order valence-corrected chi connectivity index (χ4v) is 5.28. The topological polar surface area (TPSA) is 97.5 Å². The summed E-state index contributed by atoms with van der Waals surface area (Å²) < 4.78 is 7.68. The number of rotatable bonds is 5. The number of hydrogen-bond donors (Lipinski definition) is 2. The molecule has 0 saturated carbocycles. The van der Waals surface area contributed by atoms with Crippen molar-refractivity contribution in [2.75, 3.05) is 13.1 Å². The maximum absolute atomic E-state index is 11.6. The van der Waals surface area contributed by atoms with Gasteiger partial charge in [-0.05, 0) is 70.1 Å². The summed E-state index contributed by atoms with van der Waals surface area (Å²) in [5.41, 5.74) is 7.28. The molecule has 5 rings (SSSR count). The van der Waals surface area contributed by atoms with Crippen LogP contribution in [0, 0.1) is 0 Å². The standard InChI is InChI=1S/C17H10Cl2N2O3S.C8H18N2/c18-10-2-1-9-5-13(17(22)23)21(12(9)6-10)8-11-7-14(24-20-11)15-3-4-16(19)25-15;1-7(2)10-5-3-8(9)4-6-10/h1-7H,8H2,(H,22,23);7-8H,3-6,9H2,1-2H3. The lowest BCUT2D eigenvalue weighted by molar-refractivity contribution is 0.0686. The van der Waals surface area contributed by atoms with Crippen LogP contribution in [0.3, 0.4) is 0 Å². The second-order valence-corrected chi connectivity index (χ2v) is 11.0. The Hall–Kier alpha value is -2.36. The Morgan fingerprint density at radius 1 is 1.20 bits per heavy atom. The van der Waals surface area contributed by atoms with E-state index in [1.165, 1.54) is 37.3 Å². The molecule has 4 heterocycles. The molecule has 0 amide bonds. The van der Waals surface area contributed by atoms with Gasteiger partial charge in [-0.3, -0.25) is 0 Å². The summed E-state index contributed by atoms with van der Waals surface area (Å²) in [4.78, 5) is 14.9. The molecule has 10 heteroatoms. The first-order valence-electron chi connectivity index (χ1n) is 11.4. The molecule has 0 aliphatic carbocycles. The zero-order chi connectivity index (χ0) is 25.1. The lowest BCUT2D eigenvalue weighted by Crippen LogP contribution is -2.42. The molecule has 3 aromatic heterocycles. The van der Waals surface area contributed by atoms with Gasteiger partial charge < -0.3 is 24.8 Å². The molecule has 186 valence electrons. The molecule has 1 aliphatic rings. The van der Waals surface area contributed by atoms with E-state index in [0.29, 0.717) is 32.9 Å². The van der Waals surface area contributed by atoms with Crippen LogP contribution in [0.25, 0.3) is 21.5 Å². The third-order valence-electron chi connectivity index (χ3n) is 6.09. The maximum Gasteiger partial charge on any atom is 0.352 e.